The quantitative estimate of drug-likeness (QED) is 0.721. The Balaban J connectivity index is 2.93. The van der Waals surface area contributed by atoms with Crippen LogP contribution in [0, 0.1) is 18.3 Å². The van der Waals surface area contributed by atoms with Gasteiger partial charge in [-0.25, -0.2) is 9.78 Å². The highest BCUT2D eigenvalue weighted by molar-refractivity contribution is 5.71. The molecule has 0 amide bonds. The molecule has 6 heteroatoms. The molecule has 0 N–H and O–H groups in total. The number of nitriles is 1. The van der Waals surface area contributed by atoms with Crippen molar-refractivity contribution < 1.29 is 19.0 Å². The molecule has 0 saturated heterocycles. The van der Waals surface area contributed by atoms with Crippen LogP contribution in [-0.2, 0) is 20.9 Å². The monoisotopic (exact) mass is 264 g/mol. The van der Waals surface area contributed by atoms with E-state index < -0.39 is 5.97 Å². The summed E-state index contributed by atoms with van der Waals surface area (Å²) in [4.78, 5) is 15.3. The maximum absolute atomic E-state index is 11.2. The van der Waals surface area contributed by atoms with Gasteiger partial charge in [-0.15, -0.1) is 0 Å². The molecule has 0 radical (unpaired) electrons. The van der Waals surface area contributed by atoms with Crippen molar-refractivity contribution in [3.8, 4) is 11.9 Å². The van der Waals surface area contributed by atoms with Crippen LogP contribution >= 0.6 is 0 Å². The van der Waals surface area contributed by atoms with Crippen molar-refractivity contribution in [2.75, 3.05) is 20.3 Å². The number of aromatic nitrogens is 1. The molecule has 1 aromatic rings. The second-order valence-corrected chi connectivity index (χ2v) is 3.74. The van der Waals surface area contributed by atoms with Crippen LogP contribution in [0.3, 0.4) is 0 Å². The van der Waals surface area contributed by atoms with Crippen molar-refractivity contribution in [1.82, 2.24) is 4.98 Å². The molecule has 0 bridgehead atoms. The summed E-state index contributed by atoms with van der Waals surface area (Å²) < 4.78 is 15.0. The van der Waals surface area contributed by atoms with E-state index in [2.05, 4.69) is 4.98 Å². The summed E-state index contributed by atoms with van der Waals surface area (Å²) in [6, 6.07) is 3.76. The lowest BCUT2D eigenvalue weighted by molar-refractivity contribution is -0.145. The maximum atomic E-state index is 11.2. The summed E-state index contributed by atoms with van der Waals surface area (Å²) in [7, 11) is 1.54. The largest absolute Gasteiger partial charge is 0.465 e. The maximum Gasteiger partial charge on any atom is 0.344 e. The number of carbonyl (C=O) groups excluding carboxylic acids is 1. The molecule has 0 aliphatic carbocycles. The molecule has 1 heterocycles. The first kappa shape index (κ1) is 14.9. The summed E-state index contributed by atoms with van der Waals surface area (Å²) >= 11 is 0. The van der Waals surface area contributed by atoms with Crippen molar-refractivity contribution in [2.45, 2.75) is 20.5 Å². The van der Waals surface area contributed by atoms with E-state index in [1.54, 1.807) is 19.9 Å². The molecule has 0 unspecified atom stereocenters. The van der Waals surface area contributed by atoms with Gasteiger partial charge in [-0.1, -0.05) is 0 Å². The molecule has 19 heavy (non-hydrogen) atoms. The van der Waals surface area contributed by atoms with Crippen molar-refractivity contribution in [3.05, 3.63) is 22.9 Å². The fraction of sp³-hybridized carbons (Fsp3) is 0.462. The highest BCUT2D eigenvalue weighted by Crippen LogP contribution is 2.21. The fourth-order valence-electron chi connectivity index (χ4n) is 1.53. The van der Waals surface area contributed by atoms with Crippen LogP contribution in [0.25, 0.3) is 0 Å². The molecule has 102 valence electrons. The van der Waals surface area contributed by atoms with Gasteiger partial charge in [0.2, 0.25) is 5.88 Å². The first-order valence-electron chi connectivity index (χ1n) is 5.80. The van der Waals surface area contributed by atoms with Gasteiger partial charge in [0.25, 0.3) is 0 Å². The van der Waals surface area contributed by atoms with Crippen LogP contribution < -0.4 is 4.74 Å². The van der Waals surface area contributed by atoms with Crippen LogP contribution in [0.4, 0.5) is 0 Å². The zero-order chi connectivity index (χ0) is 14.3. The number of rotatable bonds is 6. The molecule has 0 aliphatic rings. The number of ether oxygens (including phenoxy) is 3. The second kappa shape index (κ2) is 7.34. The molecule has 1 aromatic heterocycles. The van der Waals surface area contributed by atoms with Crippen molar-refractivity contribution in [1.29, 1.82) is 5.26 Å². The Morgan fingerprint density at radius 2 is 2.26 bits per heavy atom. The third kappa shape index (κ3) is 4.23. The number of hydrogen-bond donors (Lipinski definition) is 0. The van der Waals surface area contributed by atoms with E-state index in [9.17, 15) is 4.79 Å². The number of hydrogen-bond acceptors (Lipinski definition) is 6. The van der Waals surface area contributed by atoms with Gasteiger partial charge in [0.05, 0.1) is 13.2 Å². The first-order chi connectivity index (χ1) is 9.12. The Kier molecular flexibility index (Phi) is 5.76. The normalized spacial score (nSPS) is 9.79. The number of methoxy groups -OCH3 is 1. The number of carbonyl (C=O) groups is 1. The Labute approximate surface area is 111 Å². The van der Waals surface area contributed by atoms with E-state index in [0.717, 1.165) is 0 Å². The Bertz CT molecular complexity index is 494. The van der Waals surface area contributed by atoms with Gasteiger partial charge in [-0.2, -0.15) is 5.26 Å². The predicted octanol–water partition coefficient (Wildman–Crippen LogP) is 1.35. The van der Waals surface area contributed by atoms with Gasteiger partial charge < -0.3 is 14.2 Å². The van der Waals surface area contributed by atoms with Gasteiger partial charge in [-0.05, 0) is 19.9 Å². The number of nitrogens with zero attached hydrogens (tertiary/aromatic N) is 2. The summed E-state index contributed by atoms with van der Waals surface area (Å²) in [5.41, 5.74) is 1.64. The Morgan fingerprint density at radius 3 is 2.84 bits per heavy atom. The highest BCUT2D eigenvalue weighted by atomic mass is 16.6. The van der Waals surface area contributed by atoms with Gasteiger partial charge in [0.1, 0.15) is 11.6 Å². The van der Waals surface area contributed by atoms with Gasteiger partial charge in [-0.3, -0.25) is 0 Å². The van der Waals surface area contributed by atoms with Crippen molar-refractivity contribution in [2.24, 2.45) is 0 Å². The van der Waals surface area contributed by atoms with Crippen LogP contribution in [-0.4, -0.2) is 31.3 Å². The lowest BCUT2D eigenvalue weighted by Crippen LogP contribution is -2.16. The van der Waals surface area contributed by atoms with Gasteiger partial charge in [0, 0.05) is 18.4 Å². The third-order valence-electron chi connectivity index (χ3n) is 2.24. The van der Waals surface area contributed by atoms with Gasteiger partial charge >= 0.3 is 5.97 Å². The SMILES string of the molecule is CCOC(=O)COc1nc(C)cc(COC)c1C#N. The summed E-state index contributed by atoms with van der Waals surface area (Å²) in [6.07, 6.45) is 0. The van der Waals surface area contributed by atoms with E-state index in [4.69, 9.17) is 19.5 Å². The molecule has 0 spiro atoms. The average molecular weight is 264 g/mol. The van der Waals surface area contributed by atoms with Gasteiger partial charge in [0.15, 0.2) is 6.61 Å². The zero-order valence-corrected chi connectivity index (χ0v) is 11.2. The smallest absolute Gasteiger partial charge is 0.344 e. The van der Waals surface area contributed by atoms with Crippen LogP contribution in [0.1, 0.15) is 23.7 Å². The molecular formula is C13H16N2O4. The molecule has 1 rings (SSSR count). The lowest BCUT2D eigenvalue weighted by atomic mass is 10.1. The van der Waals surface area contributed by atoms with E-state index in [1.165, 1.54) is 7.11 Å². The molecule has 0 fully saturated rings. The molecule has 0 aromatic carbocycles. The van der Waals surface area contributed by atoms with E-state index in [1.807, 2.05) is 6.07 Å². The minimum absolute atomic E-state index is 0.127. The summed E-state index contributed by atoms with van der Waals surface area (Å²) in [5, 5.41) is 9.14. The van der Waals surface area contributed by atoms with Crippen molar-refractivity contribution >= 4 is 5.97 Å². The standard InChI is InChI=1S/C13H16N2O4/c1-4-18-12(16)8-19-13-11(6-14)10(7-17-3)5-9(2)15-13/h5H,4,7-8H2,1-3H3. The second-order valence-electron chi connectivity index (χ2n) is 3.74. The molecule has 0 saturated carbocycles. The Morgan fingerprint density at radius 1 is 1.53 bits per heavy atom. The number of pyridine rings is 1. The van der Waals surface area contributed by atoms with Crippen LogP contribution in [0.5, 0.6) is 5.88 Å². The zero-order valence-electron chi connectivity index (χ0n) is 11.2. The van der Waals surface area contributed by atoms with E-state index in [-0.39, 0.29) is 31.3 Å². The number of esters is 1. The number of aryl methyl sites for hydroxylation is 1. The van der Waals surface area contributed by atoms with E-state index in [0.29, 0.717) is 11.3 Å². The third-order valence-corrected chi connectivity index (χ3v) is 2.24. The van der Waals surface area contributed by atoms with Crippen LogP contribution in [0.2, 0.25) is 0 Å². The fourth-order valence-corrected chi connectivity index (χ4v) is 1.53. The average Bonchev–Trinajstić information content (AvgIpc) is 2.37. The lowest BCUT2D eigenvalue weighted by Gasteiger charge is -2.10. The highest BCUT2D eigenvalue weighted by Gasteiger charge is 2.14. The summed E-state index contributed by atoms with van der Waals surface area (Å²) in [6.45, 7) is 3.77. The molecule has 6 nitrogen and oxygen atoms in total. The predicted molar refractivity (Wildman–Crippen MR) is 66.5 cm³/mol. The van der Waals surface area contributed by atoms with E-state index >= 15 is 0 Å². The minimum Gasteiger partial charge on any atom is -0.465 e. The van der Waals surface area contributed by atoms with Crippen LogP contribution in [0.15, 0.2) is 6.07 Å². The molecule has 0 aliphatic heterocycles. The topological polar surface area (TPSA) is 81.4 Å². The minimum atomic E-state index is -0.497. The molecular weight excluding hydrogens is 248 g/mol. The Hall–Kier alpha value is -2.13. The molecule has 0 atom stereocenters. The summed E-state index contributed by atoms with van der Waals surface area (Å²) in [5.74, 6) is -0.370. The first-order valence-corrected chi connectivity index (χ1v) is 5.80. The van der Waals surface area contributed by atoms with Crippen molar-refractivity contribution in [3.63, 3.8) is 0 Å².